The Balaban J connectivity index is 2.36. The molecule has 0 amide bonds. The Morgan fingerprint density at radius 2 is 2.40 bits per heavy atom. The molecule has 0 radical (unpaired) electrons. The molecule has 0 saturated carbocycles. The van der Waals surface area contributed by atoms with Crippen LogP contribution >= 0.6 is 11.3 Å². The lowest BCUT2D eigenvalue weighted by molar-refractivity contribution is -0.156. The fourth-order valence-electron chi connectivity index (χ4n) is 0.999. The Hall–Kier alpha value is -0.980. The van der Waals surface area contributed by atoms with Crippen LogP contribution in [0.2, 0.25) is 0 Å². The van der Waals surface area contributed by atoms with Gasteiger partial charge in [-0.2, -0.15) is 0 Å². The third-order valence-corrected chi connectivity index (χ3v) is 2.72. The van der Waals surface area contributed by atoms with Gasteiger partial charge in [-0.1, -0.05) is 0 Å². The molecule has 5 nitrogen and oxygen atoms in total. The van der Waals surface area contributed by atoms with Gasteiger partial charge in [-0.05, 0) is 13.8 Å². The van der Waals surface area contributed by atoms with E-state index in [-0.39, 0.29) is 6.54 Å². The number of nitrogens with zero attached hydrogens (tertiary/aromatic N) is 1. The van der Waals surface area contributed by atoms with Crippen molar-refractivity contribution in [1.29, 1.82) is 0 Å². The van der Waals surface area contributed by atoms with Gasteiger partial charge in [0.1, 0.15) is 0 Å². The van der Waals surface area contributed by atoms with E-state index in [9.17, 15) is 9.90 Å². The van der Waals surface area contributed by atoms with E-state index in [0.29, 0.717) is 6.54 Å². The molecule has 1 aromatic rings. The van der Waals surface area contributed by atoms with E-state index in [1.807, 2.05) is 12.3 Å². The molecule has 84 valence electrons. The van der Waals surface area contributed by atoms with Crippen LogP contribution in [0.1, 0.15) is 17.6 Å². The lowest BCUT2D eigenvalue weighted by Gasteiger charge is -2.17. The molecule has 0 aliphatic heterocycles. The van der Waals surface area contributed by atoms with Crippen LogP contribution in [-0.2, 0) is 11.3 Å². The molecule has 1 unspecified atom stereocenters. The number of thiazole rings is 1. The van der Waals surface area contributed by atoms with Crippen molar-refractivity contribution in [1.82, 2.24) is 10.3 Å². The Labute approximate surface area is 91.8 Å². The number of hydrogen-bond donors (Lipinski definition) is 3. The van der Waals surface area contributed by atoms with Gasteiger partial charge < -0.3 is 15.5 Å². The highest BCUT2D eigenvalue weighted by molar-refractivity contribution is 7.09. The number of aryl methyl sites for hydroxylation is 1. The van der Waals surface area contributed by atoms with Crippen LogP contribution in [0.25, 0.3) is 0 Å². The van der Waals surface area contributed by atoms with Crippen LogP contribution in [0.5, 0.6) is 0 Å². The van der Waals surface area contributed by atoms with Crippen LogP contribution in [0.3, 0.4) is 0 Å². The van der Waals surface area contributed by atoms with E-state index in [1.165, 1.54) is 18.3 Å². The topological polar surface area (TPSA) is 82.5 Å². The lowest BCUT2D eigenvalue weighted by atomic mass is 10.1. The number of aliphatic carboxylic acids is 1. The summed E-state index contributed by atoms with van der Waals surface area (Å²) in [5, 5.41) is 23.8. The fourth-order valence-corrected chi connectivity index (χ4v) is 1.61. The average Bonchev–Trinajstić information content (AvgIpc) is 2.51. The molecule has 1 atom stereocenters. The van der Waals surface area contributed by atoms with Crippen molar-refractivity contribution in [3.05, 3.63) is 16.1 Å². The number of hydrogen-bond acceptors (Lipinski definition) is 5. The van der Waals surface area contributed by atoms with Crippen molar-refractivity contribution in [2.75, 3.05) is 6.54 Å². The summed E-state index contributed by atoms with van der Waals surface area (Å²) in [6.07, 6.45) is 0. The number of carboxylic acids is 1. The molecule has 0 aromatic carbocycles. The molecular weight excluding hydrogens is 216 g/mol. The van der Waals surface area contributed by atoms with E-state index < -0.39 is 11.6 Å². The third kappa shape index (κ3) is 3.58. The van der Waals surface area contributed by atoms with Gasteiger partial charge in [-0.15, -0.1) is 11.3 Å². The number of carboxylic acid groups (broad SMARTS) is 1. The molecule has 1 aromatic heterocycles. The smallest absolute Gasteiger partial charge is 0.336 e. The van der Waals surface area contributed by atoms with Crippen molar-refractivity contribution in [3.8, 4) is 0 Å². The molecule has 6 heteroatoms. The highest BCUT2D eigenvalue weighted by Crippen LogP contribution is 2.08. The summed E-state index contributed by atoms with van der Waals surface area (Å²) in [4.78, 5) is 14.8. The highest BCUT2D eigenvalue weighted by Gasteiger charge is 2.29. The third-order valence-electron chi connectivity index (χ3n) is 1.90. The molecule has 0 aliphatic rings. The zero-order valence-electron chi connectivity index (χ0n) is 8.65. The second-order valence-corrected chi connectivity index (χ2v) is 4.60. The minimum atomic E-state index is -1.73. The van der Waals surface area contributed by atoms with Crippen molar-refractivity contribution >= 4 is 17.3 Å². The number of nitrogens with one attached hydrogen (secondary N) is 1. The lowest BCUT2D eigenvalue weighted by Crippen LogP contribution is -2.44. The predicted octanol–water partition coefficient (Wildman–Crippen LogP) is 0.377. The van der Waals surface area contributed by atoms with E-state index in [0.717, 1.165) is 10.7 Å². The molecule has 3 N–H and O–H groups in total. The SMILES string of the molecule is Cc1nc(CNCC(C)(O)C(=O)O)cs1. The predicted molar refractivity (Wildman–Crippen MR) is 56.8 cm³/mol. The van der Waals surface area contributed by atoms with Crippen molar-refractivity contribution in [2.45, 2.75) is 26.0 Å². The van der Waals surface area contributed by atoms with Gasteiger partial charge in [0.25, 0.3) is 0 Å². The molecule has 0 saturated heterocycles. The molecule has 1 heterocycles. The monoisotopic (exact) mass is 230 g/mol. The summed E-state index contributed by atoms with van der Waals surface area (Å²) in [7, 11) is 0. The van der Waals surface area contributed by atoms with Gasteiger partial charge in [0.2, 0.25) is 0 Å². The van der Waals surface area contributed by atoms with Gasteiger partial charge in [-0.25, -0.2) is 9.78 Å². The second-order valence-electron chi connectivity index (χ2n) is 3.54. The van der Waals surface area contributed by atoms with Gasteiger partial charge >= 0.3 is 5.97 Å². The highest BCUT2D eigenvalue weighted by atomic mass is 32.1. The summed E-state index contributed by atoms with van der Waals surface area (Å²) < 4.78 is 0. The Bertz CT molecular complexity index is 349. The van der Waals surface area contributed by atoms with Gasteiger partial charge in [0, 0.05) is 18.5 Å². The first-order chi connectivity index (χ1) is 6.92. The second kappa shape index (κ2) is 4.69. The zero-order chi connectivity index (χ0) is 11.5. The molecule has 0 bridgehead atoms. The van der Waals surface area contributed by atoms with Crippen LogP contribution in [0.15, 0.2) is 5.38 Å². The fraction of sp³-hybridized carbons (Fsp3) is 0.556. The number of carbonyl (C=O) groups is 1. The standard InChI is InChI=1S/C9H14N2O3S/c1-6-11-7(4-15-6)3-10-5-9(2,14)8(12)13/h4,10,14H,3,5H2,1-2H3,(H,12,13). The average molecular weight is 230 g/mol. The quantitative estimate of drug-likeness (QED) is 0.681. The van der Waals surface area contributed by atoms with Crippen molar-refractivity contribution in [3.63, 3.8) is 0 Å². The van der Waals surface area contributed by atoms with Crippen LogP contribution < -0.4 is 5.32 Å². The van der Waals surface area contributed by atoms with E-state index in [1.54, 1.807) is 0 Å². The summed E-state index contributed by atoms with van der Waals surface area (Å²) >= 11 is 1.54. The van der Waals surface area contributed by atoms with E-state index >= 15 is 0 Å². The summed E-state index contributed by atoms with van der Waals surface area (Å²) in [6.45, 7) is 3.63. The van der Waals surface area contributed by atoms with Crippen LogP contribution in [-0.4, -0.2) is 33.3 Å². The van der Waals surface area contributed by atoms with Gasteiger partial charge in [0.05, 0.1) is 10.7 Å². The number of aromatic nitrogens is 1. The van der Waals surface area contributed by atoms with Crippen LogP contribution in [0, 0.1) is 6.92 Å². The van der Waals surface area contributed by atoms with E-state index in [4.69, 9.17) is 5.11 Å². The maximum Gasteiger partial charge on any atom is 0.336 e. The first-order valence-electron chi connectivity index (χ1n) is 4.49. The first-order valence-corrected chi connectivity index (χ1v) is 5.37. The van der Waals surface area contributed by atoms with Crippen LogP contribution in [0.4, 0.5) is 0 Å². The number of rotatable bonds is 5. The molecule has 15 heavy (non-hydrogen) atoms. The van der Waals surface area contributed by atoms with Crippen molar-refractivity contribution < 1.29 is 15.0 Å². The van der Waals surface area contributed by atoms with Gasteiger partial charge in [0.15, 0.2) is 5.60 Å². The van der Waals surface area contributed by atoms with Gasteiger partial charge in [-0.3, -0.25) is 0 Å². The summed E-state index contributed by atoms with van der Waals surface area (Å²) in [5.74, 6) is -1.23. The molecular formula is C9H14N2O3S. The van der Waals surface area contributed by atoms with Crippen molar-refractivity contribution in [2.24, 2.45) is 0 Å². The Kier molecular flexibility index (Phi) is 3.78. The Morgan fingerprint density at radius 1 is 1.73 bits per heavy atom. The Morgan fingerprint density at radius 3 is 2.87 bits per heavy atom. The number of aliphatic hydroxyl groups is 1. The molecule has 0 fully saturated rings. The maximum atomic E-state index is 10.6. The summed E-state index contributed by atoms with van der Waals surface area (Å²) in [5.41, 5.74) is -0.871. The summed E-state index contributed by atoms with van der Waals surface area (Å²) in [6, 6.07) is 0. The normalized spacial score (nSPS) is 14.9. The maximum absolute atomic E-state index is 10.6. The molecule has 0 aliphatic carbocycles. The molecule has 0 spiro atoms. The molecule has 1 rings (SSSR count). The largest absolute Gasteiger partial charge is 0.479 e. The minimum absolute atomic E-state index is 0.00108. The first kappa shape index (κ1) is 12.1. The zero-order valence-corrected chi connectivity index (χ0v) is 9.47. The van der Waals surface area contributed by atoms with E-state index in [2.05, 4.69) is 10.3 Å². The minimum Gasteiger partial charge on any atom is -0.479 e.